The van der Waals surface area contributed by atoms with E-state index in [2.05, 4.69) is 106 Å². The lowest BCUT2D eigenvalue weighted by molar-refractivity contribution is -0.167. The molecule has 6 nitrogen and oxygen atoms in total. The Labute approximate surface area is 496 Å². The zero-order valence-electron chi connectivity index (χ0n) is 53.1. The molecule has 0 heterocycles. The average molecular weight is 1120 g/mol. The van der Waals surface area contributed by atoms with Crippen molar-refractivity contribution in [3.63, 3.8) is 0 Å². The summed E-state index contributed by atoms with van der Waals surface area (Å²) < 4.78 is 16.9. The van der Waals surface area contributed by atoms with Crippen LogP contribution in [0.4, 0.5) is 0 Å². The van der Waals surface area contributed by atoms with Crippen molar-refractivity contribution in [1.82, 2.24) is 0 Å². The average Bonchev–Trinajstić information content (AvgIpc) is 3.46. The zero-order chi connectivity index (χ0) is 57.8. The lowest BCUT2D eigenvalue weighted by atomic mass is 10.0. The van der Waals surface area contributed by atoms with Crippen molar-refractivity contribution in [3.8, 4) is 0 Å². The smallest absolute Gasteiger partial charge is 0.306 e. The van der Waals surface area contributed by atoms with Crippen LogP contribution in [-0.4, -0.2) is 37.2 Å². The van der Waals surface area contributed by atoms with E-state index in [0.717, 1.165) is 122 Å². The third kappa shape index (κ3) is 65.4. The topological polar surface area (TPSA) is 78.9 Å². The van der Waals surface area contributed by atoms with Crippen molar-refractivity contribution < 1.29 is 28.6 Å². The molecule has 0 saturated heterocycles. The molecule has 0 aliphatic heterocycles. The van der Waals surface area contributed by atoms with E-state index in [1.54, 1.807) is 0 Å². The summed E-state index contributed by atoms with van der Waals surface area (Å²) >= 11 is 0. The second-order valence-corrected chi connectivity index (χ2v) is 23.1. The van der Waals surface area contributed by atoms with E-state index in [-0.39, 0.29) is 31.1 Å². The van der Waals surface area contributed by atoms with Crippen molar-refractivity contribution in [1.29, 1.82) is 0 Å². The van der Waals surface area contributed by atoms with Gasteiger partial charge in [-0.2, -0.15) is 0 Å². The molecule has 462 valence electrons. The van der Waals surface area contributed by atoms with Crippen molar-refractivity contribution in [2.24, 2.45) is 0 Å². The number of allylic oxidation sites excluding steroid dienone is 14. The van der Waals surface area contributed by atoms with E-state index >= 15 is 0 Å². The molecule has 0 aliphatic carbocycles. The summed E-state index contributed by atoms with van der Waals surface area (Å²) in [7, 11) is 0. The minimum Gasteiger partial charge on any atom is -0.462 e. The predicted octanol–water partition coefficient (Wildman–Crippen LogP) is 23.8. The van der Waals surface area contributed by atoms with Gasteiger partial charge in [-0.3, -0.25) is 14.4 Å². The molecule has 6 heteroatoms. The van der Waals surface area contributed by atoms with Gasteiger partial charge in [-0.25, -0.2) is 0 Å². The van der Waals surface area contributed by atoms with E-state index < -0.39 is 6.10 Å². The molecule has 0 bridgehead atoms. The SMILES string of the molecule is CC/C=C\C/C=C\C/C=C\C/C=C\C/C=C\CCCCCCCC(=O)OC(COC(=O)CCCCCCC/C=C\CCC)COC(=O)CCCCCCCCCCCCCCCCCCCCC/C=C\CCCCCCCCCC. The van der Waals surface area contributed by atoms with Crippen molar-refractivity contribution in [3.05, 3.63) is 85.1 Å². The number of hydrogen-bond donors (Lipinski definition) is 0. The van der Waals surface area contributed by atoms with E-state index in [0.29, 0.717) is 19.3 Å². The highest BCUT2D eigenvalue weighted by Crippen LogP contribution is 2.17. The first kappa shape index (κ1) is 76.6. The fourth-order valence-electron chi connectivity index (χ4n) is 9.94. The van der Waals surface area contributed by atoms with Gasteiger partial charge in [0.25, 0.3) is 0 Å². The van der Waals surface area contributed by atoms with Gasteiger partial charge in [-0.1, -0.05) is 305 Å². The fraction of sp³-hybridized carbons (Fsp3) is 0.770. The van der Waals surface area contributed by atoms with Crippen LogP contribution < -0.4 is 0 Å². The minimum atomic E-state index is -0.790. The number of rotatable bonds is 63. The maximum Gasteiger partial charge on any atom is 0.306 e. The van der Waals surface area contributed by atoms with Gasteiger partial charge < -0.3 is 14.2 Å². The quantitative estimate of drug-likeness (QED) is 0.0261. The molecule has 0 radical (unpaired) electrons. The Balaban J connectivity index is 4.16. The third-order valence-corrected chi connectivity index (χ3v) is 15.1. The summed E-state index contributed by atoms with van der Waals surface area (Å²) in [6.45, 7) is 6.48. The Morgan fingerprint density at radius 3 is 0.825 bits per heavy atom. The van der Waals surface area contributed by atoms with Gasteiger partial charge >= 0.3 is 17.9 Å². The van der Waals surface area contributed by atoms with Crippen LogP contribution in [0.2, 0.25) is 0 Å². The summed E-state index contributed by atoms with van der Waals surface area (Å²) in [6, 6.07) is 0. The number of ether oxygens (including phenoxy) is 3. The zero-order valence-corrected chi connectivity index (χ0v) is 53.1. The van der Waals surface area contributed by atoms with E-state index in [9.17, 15) is 14.4 Å². The van der Waals surface area contributed by atoms with Crippen LogP contribution in [0.1, 0.15) is 348 Å². The van der Waals surface area contributed by atoms with Crippen LogP contribution in [0.15, 0.2) is 85.1 Å². The molecule has 0 aromatic carbocycles. The third-order valence-electron chi connectivity index (χ3n) is 15.1. The summed E-state index contributed by atoms with van der Waals surface area (Å²) in [5.41, 5.74) is 0. The van der Waals surface area contributed by atoms with Crippen LogP contribution in [0, 0.1) is 0 Å². The molecular weight excluding hydrogens is 985 g/mol. The number of hydrogen-bond acceptors (Lipinski definition) is 6. The first-order valence-corrected chi connectivity index (χ1v) is 34.6. The Kier molecular flexibility index (Phi) is 65.2. The van der Waals surface area contributed by atoms with Crippen LogP contribution >= 0.6 is 0 Å². The number of esters is 3. The monoisotopic (exact) mass is 1110 g/mol. The molecule has 0 amide bonds. The Morgan fingerprint density at radius 2 is 0.512 bits per heavy atom. The Morgan fingerprint density at radius 1 is 0.263 bits per heavy atom. The highest BCUT2D eigenvalue weighted by atomic mass is 16.6. The predicted molar refractivity (Wildman–Crippen MR) is 348 cm³/mol. The largest absolute Gasteiger partial charge is 0.462 e. The number of unbranched alkanes of at least 4 members (excludes halogenated alkanes) is 38. The number of carbonyl (C=O) groups is 3. The van der Waals surface area contributed by atoms with Gasteiger partial charge in [0, 0.05) is 19.3 Å². The van der Waals surface area contributed by atoms with Gasteiger partial charge in [0.15, 0.2) is 6.10 Å². The van der Waals surface area contributed by atoms with Crippen LogP contribution in [-0.2, 0) is 28.6 Å². The van der Waals surface area contributed by atoms with E-state index in [1.165, 1.54) is 186 Å². The second-order valence-electron chi connectivity index (χ2n) is 23.1. The highest BCUT2D eigenvalue weighted by molar-refractivity contribution is 5.71. The van der Waals surface area contributed by atoms with Crippen LogP contribution in [0.25, 0.3) is 0 Å². The van der Waals surface area contributed by atoms with Gasteiger partial charge in [-0.15, -0.1) is 0 Å². The first-order valence-electron chi connectivity index (χ1n) is 34.6. The molecule has 0 aromatic rings. The lowest BCUT2D eigenvalue weighted by Gasteiger charge is -2.18. The normalized spacial score (nSPS) is 12.6. The molecule has 0 spiro atoms. The molecule has 80 heavy (non-hydrogen) atoms. The van der Waals surface area contributed by atoms with E-state index in [4.69, 9.17) is 14.2 Å². The van der Waals surface area contributed by atoms with Gasteiger partial charge in [0.2, 0.25) is 0 Å². The first-order chi connectivity index (χ1) is 39.5. The summed E-state index contributed by atoms with van der Waals surface area (Å²) in [5, 5.41) is 0. The van der Waals surface area contributed by atoms with Crippen molar-refractivity contribution >= 4 is 17.9 Å². The van der Waals surface area contributed by atoms with Gasteiger partial charge in [0.1, 0.15) is 13.2 Å². The van der Waals surface area contributed by atoms with Crippen molar-refractivity contribution in [2.75, 3.05) is 13.2 Å². The van der Waals surface area contributed by atoms with Crippen LogP contribution in [0.5, 0.6) is 0 Å². The molecule has 0 aliphatic rings. The molecular formula is C74H130O6. The molecule has 0 rings (SSSR count). The van der Waals surface area contributed by atoms with Crippen molar-refractivity contribution in [2.45, 2.75) is 354 Å². The molecule has 0 N–H and O–H groups in total. The van der Waals surface area contributed by atoms with Crippen LogP contribution in [0.3, 0.4) is 0 Å². The molecule has 1 atom stereocenters. The minimum absolute atomic E-state index is 0.0849. The highest BCUT2D eigenvalue weighted by Gasteiger charge is 2.19. The standard InChI is InChI=1S/C74H130O6/c1-4-7-10-13-16-19-22-24-26-28-30-32-33-34-35-36-37-38-39-40-41-43-44-46-48-50-52-55-58-61-64-67-73(76)79-70-71(69-78-72(75)66-63-60-57-54-21-18-15-12-9-6-3)80-74(77)68-65-62-59-56-53-51-49-47-45-42-31-29-27-25-23-20-17-14-11-8-5-2/h8,11-12,15,17,20,25,27-28,30-31,42,47,49,71H,4-7,9-10,13-14,16,18-19,21-24,26,29,32-41,43-46,48,50-70H2,1-3H3/b11-8-,15-12-,20-17-,27-25-,30-28-,42-31-,49-47-. The fourth-order valence-corrected chi connectivity index (χ4v) is 9.94. The van der Waals surface area contributed by atoms with Gasteiger partial charge in [0.05, 0.1) is 0 Å². The van der Waals surface area contributed by atoms with E-state index in [1.807, 2.05) is 0 Å². The van der Waals surface area contributed by atoms with Gasteiger partial charge in [-0.05, 0) is 109 Å². The summed E-state index contributed by atoms with van der Waals surface area (Å²) in [5.74, 6) is -0.902. The Bertz CT molecular complexity index is 1520. The number of carbonyl (C=O) groups excluding carboxylic acids is 3. The summed E-state index contributed by atoms with van der Waals surface area (Å²) in [6.07, 6.45) is 90.6. The molecule has 0 aromatic heterocycles. The Hall–Kier alpha value is -3.41. The molecule has 1 unspecified atom stereocenters. The molecule has 0 fully saturated rings. The summed E-state index contributed by atoms with van der Waals surface area (Å²) in [4.78, 5) is 38.3. The second kappa shape index (κ2) is 68.1. The maximum absolute atomic E-state index is 12.9. The lowest BCUT2D eigenvalue weighted by Crippen LogP contribution is -2.30. The maximum atomic E-state index is 12.9. The molecule has 0 saturated carbocycles.